The zero-order chi connectivity index (χ0) is 22.6. The number of rotatable bonds is 19. The molecule has 0 unspecified atom stereocenters. The first-order valence-electron chi connectivity index (χ1n) is 12.2. The molecule has 0 fully saturated rings. The molecule has 176 valence electrons. The van der Waals surface area contributed by atoms with Gasteiger partial charge >= 0.3 is 11.9 Å². The molecule has 0 radical (unpaired) electrons. The van der Waals surface area contributed by atoms with Crippen LogP contribution in [0.2, 0.25) is 5.02 Å². The molecule has 0 spiro atoms. The molecule has 0 amide bonds. The van der Waals surface area contributed by atoms with Gasteiger partial charge in [0.15, 0.2) is 0 Å². The van der Waals surface area contributed by atoms with Crippen molar-refractivity contribution in [3.8, 4) is 0 Å². The van der Waals surface area contributed by atoms with Crippen molar-refractivity contribution >= 4 is 23.5 Å². The lowest BCUT2D eigenvalue weighted by Gasteiger charge is -2.06. The molecule has 0 aliphatic heterocycles. The summed E-state index contributed by atoms with van der Waals surface area (Å²) >= 11 is 5.93. The first-order valence-corrected chi connectivity index (χ1v) is 12.5. The molecule has 0 heterocycles. The summed E-state index contributed by atoms with van der Waals surface area (Å²) in [5, 5.41) is 0.676. The molecular formula is C26H41ClO4. The van der Waals surface area contributed by atoms with Gasteiger partial charge in [-0.2, -0.15) is 0 Å². The zero-order valence-corrected chi connectivity index (χ0v) is 20.1. The van der Waals surface area contributed by atoms with E-state index >= 15 is 0 Å². The molecular weight excluding hydrogens is 412 g/mol. The van der Waals surface area contributed by atoms with Gasteiger partial charge in [0.25, 0.3) is 0 Å². The van der Waals surface area contributed by atoms with Gasteiger partial charge in [0.05, 0.1) is 13.2 Å². The van der Waals surface area contributed by atoms with E-state index in [0.29, 0.717) is 31.1 Å². The van der Waals surface area contributed by atoms with Gasteiger partial charge in [-0.1, -0.05) is 94.9 Å². The van der Waals surface area contributed by atoms with Gasteiger partial charge < -0.3 is 9.47 Å². The van der Waals surface area contributed by atoms with Crippen LogP contribution in [0.4, 0.5) is 0 Å². The van der Waals surface area contributed by atoms with Crippen molar-refractivity contribution < 1.29 is 19.1 Å². The highest BCUT2D eigenvalue weighted by Crippen LogP contribution is 2.12. The van der Waals surface area contributed by atoms with Gasteiger partial charge in [-0.05, 0) is 30.5 Å². The Morgan fingerprint density at radius 3 is 1.87 bits per heavy atom. The predicted molar refractivity (Wildman–Crippen MR) is 127 cm³/mol. The standard InChI is InChI=1S/C26H41ClO4/c1-2-3-4-5-6-7-8-9-10-11-12-20-30-25(28)17-14-18-26(29)31-21-19-23-15-13-16-24(27)22-23/h13,15-16,22H,2-12,14,17-21H2,1H3. The number of ether oxygens (including phenoxy) is 2. The monoisotopic (exact) mass is 452 g/mol. The van der Waals surface area contributed by atoms with Gasteiger partial charge in [-0.15, -0.1) is 0 Å². The van der Waals surface area contributed by atoms with Crippen molar-refractivity contribution in [2.45, 2.75) is 103 Å². The van der Waals surface area contributed by atoms with E-state index in [1.54, 1.807) is 0 Å². The molecule has 0 N–H and O–H groups in total. The van der Waals surface area contributed by atoms with Crippen LogP contribution in [0.5, 0.6) is 0 Å². The number of carbonyl (C=O) groups excluding carboxylic acids is 2. The van der Waals surface area contributed by atoms with Crippen LogP contribution >= 0.6 is 11.6 Å². The summed E-state index contributed by atoms with van der Waals surface area (Å²) in [7, 11) is 0. The fourth-order valence-electron chi connectivity index (χ4n) is 3.45. The summed E-state index contributed by atoms with van der Waals surface area (Å²) in [5.74, 6) is -0.501. The Hall–Kier alpha value is -1.55. The number of unbranched alkanes of at least 4 members (excludes halogenated alkanes) is 10. The lowest BCUT2D eigenvalue weighted by Crippen LogP contribution is -2.10. The molecule has 0 bridgehead atoms. The van der Waals surface area contributed by atoms with Gasteiger partial charge in [-0.3, -0.25) is 9.59 Å². The SMILES string of the molecule is CCCCCCCCCCCCCOC(=O)CCCC(=O)OCCc1cccc(Cl)c1. The van der Waals surface area contributed by atoms with Crippen LogP contribution in [-0.4, -0.2) is 25.2 Å². The van der Waals surface area contributed by atoms with E-state index in [0.717, 1.165) is 18.4 Å². The first-order chi connectivity index (χ1) is 15.1. The molecule has 1 aromatic rings. The fraction of sp³-hybridized carbons (Fsp3) is 0.692. The predicted octanol–water partition coefficient (Wildman–Crippen LogP) is 7.45. The summed E-state index contributed by atoms with van der Waals surface area (Å²) in [6.07, 6.45) is 15.6. The van der Waals surface area contributed by atoms with E-state index in [2.05, 4.69) is 6.92 Å². The minimum absolute atomic E-state index is 0.223. The Morgan fingerprint density at radius 1 is 0.742 bits per heavy atom. The number of hydrogen-bond donors (Lipinski definition) is 0. The largest absolute Gasteiger partial charge is 0.466 e. The van der Waals surface area contributed by atoms with Gasteiger partial charge in [0.1, 0.15) is 0 Å². The second-order valence-corrected chi connectivity index (χ2v) is 8.65. The van der Waals surface area contributed by atoms with E-state index in [1.165, 1.54) is 57.8 Å². The number of carbonyl (C=O) groups is 2. The highest BCUT2D eigenvalue weighted by atomic mass is 35.5. The Kier molecular flexibility index (Phi) is 17.0. The first kappa shape index (κ1) is 27.5. The summed E-state index contributed by atoms with van der Waals surface area (Å²) in [5.41, 5.74) is 1.03. The third-order valence-corrected chi connectivity index (χ3v) is 5.55. The highest BCUT2D eigenvalue weighted by molar-refractivity contribution is 6.30. The maximum absolute atomic E-state index is 11.8. The molecule has 0 saturated carbocycles. The van der Waals surface area contributed by atoms with Gasteiger partial charge in [0.2, 0.25) is 0 Å². The molecule has 4 nitrogen and oxygen atoms in total. The van der Waals surface area contributed by atoms with Crippen LogP contribution in [0, 0.1) is 0 Å². The van der Waals surface area contributed by atoms with Crippen molar-refractivity contribution in [2.24, 2.45) is 0 Å². The molecule has 1 rings (SSSR count). The topological polar surface area (TPSA) is 52.6 Å². The van der Waals surface area contributed by atoms with Crippen LogP contribution < -0.4 is 0 Å². The molecule has 1 aromatic carbocycles. The van der Waals surface area contributed by atoms with E-state index in [9.17, 15) is 9.59 Å². The van der Waals surface area contributed by atoms with Gasteiger partial charge in [-0.25, -0.2) is 0 Å². The van der Waals surface area contributed by atoms with Crippen LogP contribution in [0.25, 0.3) is 0 Å². The number of hydrogen-bond acceptors (Lipinski definition) is 4. The van der Waals surface area contributed by atoms with Crippen molar-refractivity contribution in [2.75, 3.05) is 13.2 Å². The maximum Gasteiger partial charge on any atom is 0.305 e. The molecule has 5 heteroatoms. The maximum atomic E-state index is 11.8. The molecule has 0 atom stereocenters. The Morgan fingerprint density at radius 2 is 1.29 bits per heavy atom. The summed E-state index contributed by atoms with van der Waals surface area (Å²) in [6.45, 7) is 3.06. The van der Waals surface area contributed by atoms with Crippen molar-refractivity contribution in [3.63, 3.8) is 0 Å². The zero-order valence-electron chi connectivity index (χ0n) is 19.3. The minimum Gasteiger partial charge on any atom is -0.466 e. The molecule has 0 aromatic heterocycles. The van der Waals surface area contributed by atoms with E-state index in [4.69, 9.17) is 21.1 Å². The van der Waals surface area contributed by atoms with Crippen LogP contribution in [0.1, 0.15) is 102 Å². The normalized spacial score (nSPS) is 10.8. The number of halogens is 1. The van der Waals surface area contributed by atoms with E-state index in [1.807, 2.05) is 24.3 Å². The third-order valence-electron chi connectivity index (χ3n) is 5.32. The van der Waals surface area contributed by atoms with Crippen LogP contribution in [-0.2, 0) is 25.5 Å². The number of benzene rings is 1. The quantitative estimate of drug-likeness (QED) is 0.161. The molecule has 31 heavy (non-hydrogen) atoms. The molecule has 0 aliphatic carbocycles. The Bertz CT molecular complexity index is 603. The lowest BCUT2D eigenvalue weighted by molar-refractivity contribution is -0.145. The van der Waals surface area contributed by atoms with E-state index < -0.39 is 0 Å². The van der Waals surface area contributed by atoms with Crippen molar-refractivity contribution in [1.82, 2.24) is 0 Å². The number of esters is 2. The second-order valence-electron chi connectivity index (χ2n) is 8.21. The average Bonchev–Trinajstić information content (AvgIpc) is 2.74. The lowest BCUT2D eigenvalue weighted by atomic mass is 10.1. The third kappa shape index (κ3) is 16.8. The fourth-order valence-corrected chi connectivity index (χ4v) is 3.66. The highest BCUT2D eigenvalue weighted by Gasteiger charge is 2.07. The molecule has 0 aliphatic rings. The summed E-state index contributed by atoms with van der Waals surface area (Å²) in [6, 6.07) is 7.50. The van der Waals surface area contributed by atoms with Crippen molar-refractivity contribution in [3.05, 3.63) is 34.9 Å². The van der Waals surface area contributed by atoms with Crippen molar-refractivity contribution in [1.29, 1.82) is 0 Å². The molecule has 0 saturated heterocycles. The van der Waals surface area contributed by atoms with Crippen LogP contribution in [0.15, 0.2) is 24.3 Å². The summed E-state index contributed by atoms with van der Waals surface area (Å²) in [4.78, 5) is 23.5. The Labute approximate surface area is 194 Å². The van der Waals surface area contributed by atoms with E-state index in [-0.39, 0.29) is 24.8 Å². The minimum atomic E-state index is -0.278. The van der Waals surface area contributed by atoms with Crippen LogP contribution in [0.3, 0.4) is 0 Å². The average molecular weight is 453 g/mol. The van der Waals surface area contributed by atoms with Gasteiger partial charge in [0, 0.05) is 24.3 Å². The second kappa shape index (κ2) is 19.2. The summed E-state index contributed by atoms with van der Waals surface area (Å²) < 4.78 is 10.5. The smallest absolute Gasteiger partial charge is 0.305 e. The Balaban J connectivity index is 1.87.